The standard InChI is InChI=1S/C45H53BrN2O13/c1-21-11-10-12-22(2)44(56)48-30-19-32(58-20-33(50)47-29-15-13-28(46)14-16-29)34-35(40(30)54)39(53)26(6)42-36(34)43(55)45(8,61-42)59-18-17-31(57-9)23(3)41(60-27(7)49)25(5)38(52)24(4)37(21)51/h10-19,21,23-25,31,37-38,41,51-54H,20H2,1-9H3,(H,47,50)(H,48,56)/b11-10+,18-17+,22-12-/t21-,23-,24-,25-,31+,37-,38+,41-,45+/m1/s1. The van der Waals surface area contributed by atoms with Gasteiger partial charge in [-0.1, -0.05) is 61.9 Å². The Bertz CT molecular complexity index is 2270. The fraction of sp³-hybridized carbons (Fsp3) is 0.422. The smallest absolute Gasteiger partial charge is 0.312 e. The van der Waals surface area contributed by atoms with E-state index < -0.39 is 95.5 Å². The van der Waals surface area contributed by atoms with Gasteiger partial charge in [-0.15, -0.1) is 0 Å². The molecule has 3 aliphatic heterocycles. The van der Waals surface area contributed by atoms with Crippen LogP contribution in [0, 0.1) is 30.6 Å². The lowest BCUT2D eigenvalue weighted by Gasteiger charge is -2.38. The number of carbonyl (C=O) groups is 4. The minimum absolute atomic E-state index is 0.0577. The van der Waals surface area contributed by atoms with Crippen molar-refractivity contribution in [3.05, 3.63) is 82.1 Å². The van der Waals surface area contributed by atoms with Crippen LogP contribution in [0.3, 0.4) is 0 Å². The van der Waals surface area contributed by atoms with Crippen molar-refractivity contribution in [3.8, 4) is 23.0 Å². The number of nitrogens with one attached hydrogen (secondary N) is 2. The van der Waals surface area contributed by atoms with E-state index in [0.29, 0.717) is 5.69 Å². The molecule has 0 fully saturated rings. The van der Waals surface area contributed by atoms with Gasteiger partial charge in [-0.25, -0.2) is 0 Å². The third kappa shape index (κ3) is 9.88. The number of carbonyl (C=O) groups excluding carboxylic acids is 4. The average Bonchev–Trinajstić information content (AvgIpc) is 3.48. The molecule has 16 heteroatoms. The lowest BCUT2D eigenvalue weighted by molar-refractivity contribution is -0.160. The molecule has 0 aromatic heterocycles. The molecule has 0 saturated heterocycles. The van der Waals surface area contributed by atoms with E-state index in [1.165, 1.54) is 59.3 Å². The number of aromatic hydroxyl groups is 2. The highest BCUT2D eigenvalue weighted by Gasteiger charge is 2.49. The van der Waals surface area contributed by atoms with Crippen molar-refractivity contribution in [2.45, 2.75) is 85.6 Å². The molecule has 61 heavy (non-hydrogen) atoms. The highest BCUT2D eigenvalue weighted by Crippen LogP contribution is 2.54. The van der Waals surface area contributed by atoms with Crippen LogP contribution >= 0.6 is 15.9 Å². The van der Waals surface area contributed by atoms with Gasteiger partial charge in [-0.05, 0) is 44.2 Å². The zero-order valence-corrected chi connectivity index (χ0v) is 37.0. The summed E-state index contributed by atoms with van der Waals surface area (Å²) >= 11 is 3.35. The quantitative estimate of drug-likeness (QED) is 0.111. The molecule has 6 rings (SSSR count). The van der Waals surface area contributed by atoms with Crippen LogP contribution in [0.5, 0.6) is 23.0 Å². The zero-order valence-electron chi connectivity index (χ0n) is 35.4. The van der Waals surface area contributed by atoms with Gasteiger partial charge in [-0.2, -0.15) is 0 Å². The third-order valence-electron chi connectivity index (χ3n) is 11.3. The number of methoxy groups -OCH3 is 1. The number of ether oxygens (including phenoxy) is 5. The summed E-state index contributed by atoms with van der Waals surface area (Å²) in [5.41, 5.74) is 0.373. The molecule has 5 bridgehead atoms. The van der Waals surface area contributed by atoms with Crippen molar-refractivity contribution in [2.75, 3.05) is 24.4 Å². The number of halogens is 1. The lowest BCUT2D eigenvalue weighted by Crippen LogP contribution is -2.46. The first-order valence-electron chi connectivity index (χ1n) is 19.7. The molecule has 9 atom stereocenters. The molecule has 328 valence electrons. The number of allylic oxidation sites excluding steroid dienone is 2. The third-order valence-corrected chi connectivity index (χ3v) is 11.8. The lowest BCUT2D eigenvalue weighted by atomic mass is 9.78. The van der Waals surface area contributed by atoms with E-state index in [-0.39, 0.29) is 44.7 Å². The second-order valence-corrected chi connectivity index (χ2v) is 16.7. The van der Waals surface area contributed by atoms with Crippen LogP contribution < -0.4 is 20.1 Å². The van der Waals surface area contributed by atoms with Crippen LogP contribution in [0.15, 0.2) is 70.9 Å². The Labute approximate surface area is 362 Å². The minimum Gasteiger partial charge on any atom is -0.507 e. The summed E-state index contributed by atoms with van der Waals surface area (Å²) < 4.78 is 30.5. The maximum absolute atomic E-state index is 14.5. The number of phenols is 2. The fourth-order valence-electron chi connectivity index (χ4n) is 7.62. The molecular formula is C45H53BrN2O13. The average molecular weight is 910 g/mol. The van der Waals surface area contributed by atoms with Crippen molar-refractivity contribution < 1.29 is 63.3 Å². The largest absolute Gasteiger partial charge is 0.507 e. The number of anilines is 2. The van der Waals surface area contributed by atoms with Gasteiger partial charge in [0.1, 0.15) is 23.4 Å². The molecule has 0 saturated carbocycles. The Kier molecular flexibility index (Phi) is 14.6. The van der Waals surface area contributed by atoms with E-state index in [9.17, 15) is 39.6 Å². The normalized spacial score (nSPS) is 29.1. The first kappa shape index (κ1) is 46.6. The number of esters is 1. The fourth-order valence-corrected chi connectivity index (χ4v) is 7.89. The number of Topliss-reactive ketones (excluding diaryl/α,β-unsaturated/α-hetero) is 1. The SMILES string of the molecule is CO[C@H]1/C=C/O[C@@]2(C)Oc3c(C)c(O)c4c(O)c(cc(OCC(=O)Nc5ccc(Br)cc5)c4c3C2=O)NC(=O)/C(C)=C\C=C\[C@@H](C)[C@@H](O)[C@@H](C)[C@H](O)[C@@H](C)[C@H](OC(C)=O)[C@@H]1C. The molecule has 6 N–H and O–H groups in total. The molecule has 0 aliphatic carbocycles. The molecular weight excluding hydrogens is 856 g/mol. The van der Waals surface area contributed by atoms with Crippen LogP contribution in [-0.2, 0) is 28.6 Å². The van der Waals surface area contributed by atoms with Crippen molar-refractivity contribution in [3.63, 3.8) is 0 Å². The summed E-state index contributed by atoms with van der Waals surface area (Å²) in [4.78, 5) is 53.6. The number of amides is 2. The van der Waals surface area contributed by atoms with E-state index in [4.69, 9.17) is 23.7 Å². The Hall–Kier alpha value is -5.42. The summed E-state index contributed by atoms with van der Waals surface area (Å²) in [5.74, 6) is -8.47. The van der Waals surface area contributed by atoms with Crippen LogP contribution in [0.2, 0.25) is 0 Å². The van der Waals surface area contributed by atoms with Crippen molar-refractivity contribution in [1.29, 1.82) is 0 Å². The van der Waals surface area contributed by atoms with E-state index in [0.717, 1.165) is 4.47 Å². The van der Waals surface area contributed by atoms with Gasteiger partial charge in [0.25, 0.3) is 17.6 Å². The van der Waals surface area contributed by atoms with Crippen molar-refractivity contribution >= 4 is 61.6 Å². The van der Waals surface area contributed by atoms with E-state index in [1.54, 1.807) is 64.1 Å². The maximum atomic E-state index is 14.5. The molecule has 0 spiro atoms. The van der Waals surface area contributed by atoms with Gasteiger partial charge < -0.3 is 54.7 Å². The predicted molar refractivity (Wildman–Crippen MR) is 230 cm³/mol. The number of phenolic OH excluding ortho intramolecular Hbond substituents is 2. The van der Waals surface area contributed by atoms with Gasteiger partial charge in [0.2, 0.25) is 0 Å². The summed E-state index contributed by atoms with van der Waals surface area (Å²) in [7, 11) is 1.43. The number of aliphatic hydroxyl groups is 2. The summed E-state index contributed by atoms with van der Waals surface area (Å²) in [6.07, 6.45) is 3.51. The first-order valence-corrected chi connectivity index (χ1v) is 20.5. The minimum atomic E-state index is -2.05. The Morgan fingerprint density at radius 3 is 2.26 bits per heavy atom. The van der Waals surface area contributed by atoms with Gasteiger partial charge >= 0.3 is 11.8 Å². The number of benzene rings is 3. The molecule has 15 nitrogen and oxygen atoms in total. The van der Waals surface area contributed by atoms with Gasteiger partial charge in [0.05, 0.1) is 41.2 Å². The van der Waals surface area contributed by atoms with Crippen LogP contribution in [0.4, 0.5) is 11.4 Å². The van der Waals surface area contributed by atoms with Crippen molar-refractivity contribution in [2.24, 2.45) is 23.7 Å². The summed E-state index contributed by atoms with van der Waals surface area (Å²) in [6.45, 7) is 11.9. The second kappa shape index (κ2) is 19.1. The molecule has 3 aromatic rings. The van der Waals surface area contributed by atoms with Gasteiger partial charge in [0, 0.05) is 77.4 Å². The van der Waals surface area contributed by atoms with Gasteiger partial charge in [0.15, 0.2) is 12.4 Å². The summed E-state index contributed by atoms with van der Waals surface area (Å²) in [6, 6.07) is 8.06. The first-order chi connectivity index (χ1) is 28.7. The number of hydrogen-bond donors (Lipinski definition) is 6. The zero-order chi connectivity index (χ0) is 45.1. The molecule has 0 unspecified atom stereocenters. The van der Waals surface area contributed by atoms with E-state index in [1.807, 2.05) is 0 Å². The Morgan fingerprint density at radius 1 is 0.951 bits per heavy atom. The van der Waals surface area contributed by atoms with Crippen LogP contribution in [0.1, 0.15) is 64.4 Å². The van der Waals surface area contributed by atoms with Crippen LogP contribution in [0.25, 0.3) is 10.8 Å². The Morgan fingerprint density at radius 2 is 1.62 bits per heavy atom. The Balaban J connectivity index is 1.65. The molecule has 0 radical (unpaired) electrons. The van der Waals surface area contributed by atoms with E-state index >= 15 is 0 Å². The highest BCUT2D eigenvalue weighted by atomic mass is 79.9. The molecule has 3 aromatic carbocycles. The van der Waals surface area contributed by atoms with Crippen LogP contribution in [-0.4, -0.2) is 87.9 Å². The molecule has 3 aliphatic rings. The predicted octanol–water partition coefficient (Wildman–Crippen LogP) is 6.83. The monoisotopic (exact) mass is 908 g/mol. The number of aliphatic hydroxyl groups excluding tert-OH is 2. The second-order valence-electron chi connectivity index (χ2n) is 15.7. The number of ketones is 1. The number of fused-ring (bicyclic) bond motifs is 14. The van der Waals surface area contributed by atoms with Crippen molar-refractivity contribution in [1.82, 2.24) is 0 Å². The maximum Gasteiger partial charge on any atom is 0.312 e. The topological polar surface area (TPSA) is 219 Å². The number of hydrogen-bond acceptors (Lipinski definition) is 13. The van der Waals surface area contributed by atoms with Gasteiger partial charge in [-0.3, -0.25) is 19.2 Å². The summed E-state index contributed by atoms with van der Waals surface area (Å²) in [5, 5.41) is 51.1. The number of rotatable bonds is 6. The molecule has 2 amide bonds. The molecule has 3 heterocycles. The van der Waals surface area contributed by atoms with E-state index in [2.05, 4.69) is 26.6 Å². The highest BCUT2D eigenvalue weighted by molar-refractivity contribution is 9.10.